The van der Waals surface area contributed by atoms with Crippen molar-refractivity contribution in [3.05, 3.63) is 24.3 Å². The van der Waals surface area contributed by atoms with Gasteiger partial charge in [-0.15, -0.1) is 0 Å². The summed E-state index contributed by atoms with van der Waals surface area (Å²) in [6, 6.07) is 0. The molecule has 0 saturated heterocycles. The molecule has 5 heteroatoms. The molecule has 0 bridgehead atoms. The molecule has 0 N–H and O–H groups in total. The minimum atomic E-state index is -4.35. The maximum absolute atomic E-state index is 11.9. The molecule has 0 unspecified atom stereocenters. The molecule has 11 heavy (non-hydrogen) atoms. The highest BCUT2D eigenvalue weighted by Gasteiger charge is 2.34. The van der Waals surface area contributed by atoms with Crippen LogP contribution in [0.4, 0.5) is 13.2 Å². The third-order valence-electron chi connectivity index (χ3n) is 1.13. The van der Waals surface area contributed by atoms with Crippen LogP contribution >= 0.6 is 0 Å². The highest BCUT2D eigenvalue weighted by atomic mass is 19.4. The summed E-state index contributed by atoms with van der Waals surface area (Å²) in [7, 11) is 1.51. The van der Waals surface area contributed by atoms with Crippen molar-refractivity contribution >= 4 is 0 Å². The smallest absolute Gasteiger partial charge is 0.240 e. The van der Waals surface area contributed by atoms with E-state index in [1.165, 1.54) is 17.8 Å². The molecular weight excluding hydrogens is 157 g/mol. The summed E-state index contributed by atoms with van der Waals surface area (Å²) in [4.78, 5) is 3.16. The van der Waals surface area contributed by atoms with E-state index >= 15 is 0 Å². The Labute approximate surface area is 61.3 Å². The first-order valence-electron chi connectivity index (χ1n) is 2.88. The van der Waals surface area contributed by atoms with E-state index in [1.54, 1.807) is 0 Å². The molecule has 0 saturated carbocycles. The maximum Gasteiger partial charge on any atom is 0.439 e. The van der Waals surface area contributed by atoms with Crippen LogP contribution in [0.2, 0.25) is 0 Å². The molecule has 0 aliphatic heterocycles. The van der Waals surface area contributed by atoms with Gasteiger partial charge in [0, 0.05) is 0 Å². The third-order valence-corrected chi connectivity index (χ3v) is 1.13. The van der Waals surface area contributed by atoms with E-state index < -0.39 is 11.9 Å². The highest BCUT2D eigenvalue weighted by molar-refractivity contribution is 4.95. The van der Waals surface area contributed by atoms with Gasteiger partial charge in [-0.1, -0.05) is 0 Å². The Bertz CT molecular complexity index is 256. The van der Waals surface area contributed by atoms with E-state index in [1.807, 2.05) is 0 Å². The standard InChI is InChI=1S/C6H6F3N2/c1-11-3-2-10-5(4-11)6(7,8)9/h2-4H,1H3/q+1. The van der Waals surface area contributed by atoms with Gasteiger partial charge in [-0.25, -0.2) is 9.55 Å². The Morgan fingerprint density at radius 2 is 2.09 bits per heavy atom. The number of rotatable bonds is 0. The van der Waals surface area contributed by atoms with Gasteiger partial charge >= 0.3 is 6.18 Å². The minimum absolute atomic E-state index is 0.873. The SMILES string of the molecule is C[n+]1ccnc(C(F)(F)F)c1. The molecule has 1 aromatic rings. The summed E-state index contributed by atoms with van der Waals surface area (Å²) in [5.41, 5.74) is -0.873. The molecule has 1 heterocycles. The number of nitrogens with zero attached hydrogens (tertiary/aromatic N) is 2. The van der Waals surface area contributed by atoms with Crippen LogP contribution in [0.5, 0.6) is 0 Å². The van der Waals surface area contributed by atoms with Crippen LogP contribution in [0.1, 0.15) is 5.69 Å². The predicted molar refractivity (Wildman–Crippen MR) is 30.4 cm³/mol. The van der Waals surface area contributed by atoms with Crippen LogP contribution < -0.4 is 4.57 Å². The lowest BCUT2D eigenvalue weighted by atomic mass is 10.4. The van der Waals surface area contributed by atoms with Crippen molar-refractivity contribution in [1.29, 1.82) is 0 Å². The van der Waals surface area contributed by atoms with Crippen LogP contribution in [0.15, 0.2) is 18.6 Å². The zero-order chi connectivity index (χ0) is 8.48. The molecule has 0 spiro atoms. The van der Waals surface area contributed by atoms with Gasteiger partial charge in [0.2, 0.25) is 5.69 Å². The van der Waals surface area contributed by atoms with Crippen LogP contribution in [0.25, 0.3) is 0 Å². The topological polar surface area (TPSA) is 16.8 Å². The van der Waals surface area contributed by atoms with E-state index in [9.17, 15) is 13.2 Å². The molecule has 1 aromatic heterocycles. The summed E-state index contributed by atoms with van der Waals surface area (Å²) in [6.45, 7) is 0. The monoisotopic (exact) mass is 163 g/mol. The van der Waals surface area contributed by atoms with E-state index in [2.05, 4.69) is 4.98 Å². The summed E-state index contributed by atoms with van der Waals surface area (Å²) in [5, 5.41) is 0. The van der Waals surface area contributed by atoms with Crippen LogP contribution in [-0.2, 0) is 13.2 Å². The second-order valence-corrected chi connectivity index (χ2v) is 2.10. The van der Waals surface area contributed by atoms with Crippen molar-refractivity contribution in [3.8, 4) is 0 Å². The van der Waals surface area contributed by atoms with Gasteiger partial charge in [-0.2, -0.15) is 13.2 Å². The molecule has 1 rings (SSSR count). The third kappa shape index (κ3) is 1.89. The Morgan fingerprint density at radius 3 is 2.45 bits per heavy atom. The minimum Gasteiger partial charge on any atom is -0.240 e. The molecule has 0 atom stereocenters. The second-order valence-electron chi connectivity index (χ2n) is 2.10. The fraction of sp³-hybridized carbons (Fsp3) is 0.333. The van der Waals surface area contributed by atoms with Crippen LogP contribution in [-0.4, -0.2) is 4.98 Å². The number of halogens is 3. The molecule has 0 amide bonds. The van der Waals surface area contributed by atoms with Gasteiger partial charge in [-0.05, 0) is 0 Å². The molecule has 60 valence electrons. The molecule has 0 fully saturated rings. The predicted octanol–water partition coefficient (Wildman–Crippen LogP) is 0.925. The molecule has 2 nitrogen and oxygen atoms in total. The average molecular weight is 163 g/mol. The number of hydrogen-bond donors (Lipinski definition) is 0. The second kappa shape index (κ2) is 2.48. The quantitative estimate of drug-likeness (QED) is 0.520. The van der Waals surface area contributed by atoms with Crippen molar-refractivity contribution in [2.75, 3.05) is 0 Å². The van der Waals surface area contributed by atoms with Crippen LogP contribution in [0.3, 0.4) is 0 Å². The largest absolute Gasteiger partial charge is 0.439 e. The molecule has 0 aliphatic carbocycles. The van der Waals surface area contributed by atoms with Crippen LogP contribution in [0, 0.1) is 0 Å². The number of hydrogen-bond acceptors (Lipinski definition) is 1. The lowest BCUT2D eigenvalue weighted by molar-refractivity contribution is -0.673. The van der Waals surface area contributed by atoms with E-state index in [4.69, 9.17) is 0 Å². The van der Waals surface area contributed by atoms with Crippen molar-refractivity contribution < 1.29 is 17.7 Å². The number of aromatic nitrogens is 2. The molecular formula is C6H6F3N2+. The highest BCUT2D eigenvalue weighted by Crippen LogP contribution is 2.25. The summed E-state index contributed by atoms with van der Waals surface area (Å²) < 4.78 is 37.0. The maximum atomic E-state index is 11.9. The van der Waals surface area contributed by atoms with E-state index in [0.29, 0.717) is 0 Å². The first-order valence-corrected chi connectivity index (χ1v) is 2.88. The lowest BCUT2D eigenvalue weighted by Crippen LogP contribution is -2.29. The van der Waals surface area contributed by atoms with Gasteiger partial charge < -0.3 is 0 Å². The average Bonchev–Trinajstić information content (AvgIpc) is 1.86. The normalized spacial score (nSPS) is 11.6. The van der Waals surface area contributed by atoms with Gasteiger partial charge in [0.25, 0.3) is 0 Å². The van der Waals surface area contributed by atoms with E-state index in [0.717, 1.165) is 12.4 Å². The van der Waals surface area contributed by atoms with Crippen molar-refractivity contribution in [3.63, 3.8) is 0 Å². The van der Waals surface area contributed by atoms with E-state index in [-0.39, 0.29) is 0 Å². The zero-order valence-corrected chi connectivity index (χ0v) is 5.76. The van der Waals surface area contributed by atoms with Gasteiger partial charge in [0.15, 0.2) is 12.4 Å². The fourth-order valence-electron chi connectivity index (χ4n) is 0.634. The van der Waals surface area contributed by atoms with Gasteiger partial charge in [0.05, 0.1) is 6.20 Å². The summed E-state index contributed by atoms with van der Waals surface area (Å²) >= 11 is 0. The Morgan fingerprint density at radius 1 is 1.45 bits per heavy atom. The summed E-state index contributed by atoms with van der Waals surface area (Å²) in [5.74, 6) is 0. The first-order chi connectivity index (χ1) is 5.00. The Kier molecular flexibility index (Phi) is 1.80. The fourth-order valence-corrected chi connectivity index (χ4v) is 0.634. The molecule has 0 aromatic carbocycles. The Hall–Kier alpha value is -1.13. The lowest BCUT2D eigenvalue weighted by Gasteiger charge is -2.01. The summed E-state index contributed by atoms with van der Waals surface area (Å²) in [6.07, 6.45) is -0.864. The van der Waals surface area contributed by atoms with Crippen molar-refractivity contribution in [2.24, 2.45) is 7.05 Å². The zero-order valence-electron chi connectivity index (χ0n) is 5.76. The van der Waals surface area contributed by atoms with Gasteiger partial charge in [-0.3, -0.25) is 0 Å². The number of alkyl halides is 3. The number of aryl methyl sites for hydroxylation is 1. The van der Waals surface area contributed by atoms with Gasteiger partial charge in [0.1, 0.15) is 7.05 Å². The Balaban J connectivity index is 3.06. The molecule has 0 aliphatic rings. The first kappa shape index (κ1) is 7.97. The molecule has 0 radical (unpaired) electrons. The van der Waals surface area contributed by atoms with Crippen molar-refractivity contribution in [1.82, 2.24) is 4.98 Å². The van der Waals surface area contributed by atoms with Crippen molar-refractivity contribution in [2.45, 2.75) is 6.18 Å².